The van der Waals surface area contributed by atoms with Crippen molar-refractivity contribution in [1.82, 2.24) is 15.0 Å². The number of rotatable bonds is 3. The zero-order chi connectivity index (χ0) is 18.0. The highest BCUT2D eigenvalue weighted by Crippen LogP contribution is 2.36. The lowest BCUT2D eigenvalue weighted by molar-refractivity contribution is -0.137. The first-order valence-corrected chi connectivity index (χ1v) is 8.15. The molecule has 0 aromatic carbocycles. The molecule has 0 radical (unpaired) electrons. The maximum atomic E-state index is 13.2. The number of nitrogens with zero attached hydrogens (tertiary/aromatic N) is 5. The van der Waals surface area contributed by atoms with E-state index in [-0.39, 0.29) is 11.9 Å². The third-order valence-electron chi connectivity index (χ3n) is 4.55. The molecule has 0 bridgehead atoms. The van der Waals surface area contributed by atoms with Gasteiger partial charge in [0.25, 0.3) is 0 Å². The number of alkyl halides is 3. The van der Waals surface area contributed by atoms with E-state index in [4.69, 9.17) is 0 Å². The topological polar surface area (TPSA) is 45.2 Å². The normalized spacial score (nSPS) is 16.1. The van der Waals surface area contributed by atoms with Gasteiger partial charge in [-0.1, -0.05) is 0 Å². The summed E-state index contributed by atoms with van der Waals surface area (Å²) >= 11 is 0. The van der Waals surface area contributed by atoms with E-state index in [2.05, 4.69) is 19.9 Å². The standard InChI is InChI=1S/C17H20F3N5/c1-12-10-15(23-11-22-12)24(2)13-5-8-25(9-6-13)16-14(17(18,19)20)4-3-7-21-16/h3-4,7,10-11,13H,5-6,8-9H2,1-2H3. The van der Waals surface area contributed by atoms with Crippen LogP contribution in [-0.4, -0.2) is 41.1 Å². The number of pyridine rings is 1. The second kappa shape index (κ2) is 6.85. The average molecular weight is 351 g/mol. The molecule has 5 nitrogen and oxygen atoms in total. The Morgan fingerprint density at radius 1 is 1.16 bits per heavy atom. The van der Waals surface area contributed by atoms with Crippen LogP contribution in [0, 0.1) is 6.92 Å². The molecular weight excluding hydrogens is 331 g/mol. The molecule has 0 N–H and O–H groups in total. The molecule has 25 heavy (non-hydrogen) atoms. The van der Waals surface area contributed by atoms with Gasteiger partial charge < -0.3 is 9.80 Å². The Kier molecular flexibility index (Phi) is 4.78. The van der Waals surface area contributed by atoms with Crippen molar-refractivity contribution in [1.29, 1.82) is 0 Å². The predicted octanol–water partition coefficient (Wildman–Crippen LogP) is 3.30. The average Bonchev–Trinajstić information content (AvgIpc) is 2.60. The summed E-state index contributed by atoms with van der Waals surface area (Å²) in [6.07, 6.45) is 0.0306. The predicted molar refractivity (Wildman–Crippen MR) is 89.6 cm³/mol. The highest BCUT2D eigenvalue weighted by Gasteiger charge is 2.36. The minimum atomic E-state index is -4.39. The van der Waals surface area contributed by atoms with Crippen LogP contribution in [0.25, 0.3) is 0 Å². The van der Waals surface area contributed by atoms with Crippen molar-refractivity contribution in [2.24, 2.45) is 0 Å². The van der Waals surface area contributed by atoms with Gasteiger partial charge in [-0.15, -0.1) is 0 Å². The molecule has 0 unspecified atom stereocenters. The van der Waals surface area contributed by atoms with E-state index in [1.54, 1.807) is 4.90 Å². The SMILES string of the molecule is Cc1cc(N(C)C2CCN(c3ncccc3C(F)(F)F)CC2)ncn1. The van der Waals surface area contributed by atoms with Crippen LogP contribution in [-0.2, 0) is 6.18 Å². The molecule has 134 valence electrons. The van der Waals surface area contributed by atoms with Crippen molar-refractivity contribution in [2.75, 3.05) is 29.9 Å². The molecular formula is C17H20F3N5. The van der Waals surface area contributed by atoms with E-state index in [9.17, 15) is 13.2 Å². The van der Waals surface area contributed by atoms with Crippen molar-refractivity contribution in [3.63, 3.8) is 0 Å². The van der Waals surface area contributed by atoms with Gasteiger partial charge in [-0.25, -0.2) is 15.0 Å². The van der Waals surface area contributed by atoms with Crippen LogP contribution in [0.15, 0.2) is 30.7 Å². The Labute approximate surface area is 144 Å². The molecule has 1 fully saturated rings. The van der Waals surface area contributed by atoms with Gasteiger partial charge in [0.15, 0.2) is 0 Å². The third-order valence-corrected chi connectivity index (χ3v) is 4.55. The molecule has 8 heteroatoms. The molecule has 1 aliphatic rings. The van der Waals surface area contributed by atoms with E-state index in [1.807, 2.05) is 20.0 Å². The summed E-state index contributed by atoms with van der Waals surface area (Å²) in [4.78, 5) is 16.1. The van der Waals surface area contributed by atoms with E-state index < -0.39 is 11.7 Å². The monoisotopic (exact) mass is 351 g/mol. The van der Waals surface area contributed by atoms with Crippen LogP contribution in [0.5, 0.6) is 0 Å². The Hall–Kier alpha value is -2.38. The highest BCUT2D eigenvalue weighted by molar-refractivity contribution is 5.49. The zero-order valence-electron chi connectivity index (χ0n) is 14.2. The van der Waals surface area contributed by atoms with Gasteiger partial charge in [0.05, 0.1) is 5.56 Å². The fourth-order valence-electron chi connectivity index (χ4n) is 3.16. The first-order chi connectivity index (χ1) is 11.9. The van der Waals surface area contributed by atoms with Gasteiger partial charge in [0, 0.05) is 44.1 Å². The van der Waals surface area contributed by atoms with Crippen LogP contribution < -0.4 is 9.80 Å². The number of hydrogen-bond donors (Lipinski definition) is 0. The number of aryl methyl sites for hydroxylation is 1. The molecule has 0 aliphatic carbocycles. The lowest BCUT2D eigenvalue weighted by Crippen LogP contribution is -2.44. The Morgan fingerprint density at radius 2 is 1.88 bits per heavy atom. The summed E-state index contributed by atoms with van der Waals surface area (Å²) in [5.74, 6) is 0.855. The van der Waals surface area contributed by atoms with Crippen LogP contribution in [0.2, 0.25) is 0 Å². The van der Waals surface area contributed by atoms with Gasteiger partial charge in [0.2, 0.25) is 0 Å². The van der Waals surface area contributed by atoms with E-state index in [1.165, 1.54) is 18.6 Å². The van der Waals surface area contributed by atoms with Gasteiger partial charge >= 0.3 is 6.18 Å². The molecule has 2 aromatic heterocycles. The van der Waals surface area contributed by atoms with Crippen molar-refractivity contribution >= 4 is 11.6 Å². The minimum Gasteiger partial charge on any atom is -0.356 e. The fourth-order valence-corrected chi connectivity index (χ4v) is 3.16. The molecule has 0 amide bonds. The molecule has 1 aliphatic heterocycles. The second-order valence-corrected chi connectivity index (χ2v) is 6.22. The number of anilines is 2. The maximum Gasteiger partial charge on any atom is 0.419 e. The highest BCUT2D eigenvalue weighted by atomic mass is 19.4. The Bertz CT molecular complexity index is 726. The lowest BCUT2D eigenvalue weighted by atomic mass is 10.0. The number of piperidine rings is 1. The molecule has 3 heterocycles. The fraction of sp³-hybridized carbons (Fsp3) is 0.471. The van der Waals surface area contributed by atoms with Gasteiger partial charge in [-0.05, 0) is 31.9 Å². The largest absolute Gasteiger partial charge is 0.419 e. The molecule has 2 aromatic rings. The van der Waals surface area contributed by atoms with Crippen molar-refractivity contribution in [2.45, 2.75) is 32.0 Å². The third kappa shape index (κ3) is 3.83. The van der Waals surface area contributed by atoms with Gasteiger partial charge in [-0.3, -0.25) is 0 Å². The maximum absolute atomic E-state index is 13.2. The van der Waals surface area contributed by atoms with Crippen molar-refractivity contribution in [3.05, 3.63) is 42.0 Å². The molecule has 3 rings (SSSR count). The van der Waals surface area contributed by atoms with E-state index >= 15 is 0 Å². The summed E-state index contributed by atoms with van der Waals surface area (Å²) in [6.45, 7) is 2.96. The summed E-state index contributed by atoms with van der Waals surface area (Å²) in [5.41, 5.74) is 0.214. The number of aromatic nitrogens is 3. The molecule has 0 atom stereocenters. The van der Waals surface area contributed by atoms with Crippen LogP contribution in [0.4, 0.5) is 24.8 Å². The van der Waals surface area contributed by atoms with Gasteiger partial charge in [0.1, 0.15) is 18.0 Å². The lowest BCUT2D eigenvalue weighted by Gasteiger charge is -2.38. The Balaban J connectivity index is 1.71. The summed E-state index contributed by atoms with van der Waals surface area (Å²) < 4.78 is 39.5. The molecule has 0 spiro atoms. The summed E-state index contributed by atoms with van der Waals surface area (Å²) in [5, 5.41) is 0. The van der Waals surface area contributed by atoms with Gasteiger partial charge in [-0.2, -0.15) is 13.2 Å². The summed E-state index contributed by atoms with van der Waals surface area (Å²) in [6, 6.07) is 4.55. The quantitative estimate of drug-likeness (QED) is 0.849. The first kappa shape index (κ1) is 17.4. The first-order valence-electron chi connectivity index (χ1n) is 8.15. The molecule has 1 saturated heterocycles. The summed E-state index contributed by atoms with van der Waals surface area (Å²) in [7, 11) is 1.96. The second-order valence-electron chi connectivity index (χ2n) is 6.22. The number of hydrogen-bond acceptors (Lipinski definition) is 5. The van der Waals surface area contributed by atoms with E-state index in [0.29, 0.717) is 13.1 Å². The van der Waals surface area contributed by atoms with Crippen LogP contribution in [0.1, 0.15) is 24.1 Å². The zero-order valence-corrected chi connectivity index (χ0v) is 14.2. The molecule has 0 saturated carbocycles. The smallest absolute Gasteiger partial charge is 0.356 e. The van der Waals surface area contributed by atoms with E-state index in [0.717, 1.165) is 30.4 Å². The van der Waals surface area contributed by atoms with Crippen LogP contribution in [0.3, 0.4) is 0 Å². The van der Waals surface area contributed by atoms with Crippen molar-refractivity contribution < 1.29 is 13.2 Å². The number of halogens is 3. The Morgan fingerprint density at radius 3 is 2.52 bits per heavy atom. The van der Waals surface area contributed by atoms with Crippen LogP contribution >= 0.6 is 0 Å². The van der Waals surface area contributed by atoms with Crippen molar-refractivity contribution in [3.8, 4) is 0 Å². The minimum absolute atomic E-state index is 0.0222.